The molecule has 0 bridgehead atoms. The molecule has 0 aromatic carbocycles. The number of amides is 1. The average molecular weight is 330 g/mol. The van der Waals surface area contributed by atoms with Crippen LogP contribution in [-0.2, 0) is 4.79 Å². The van der Waals surface area contributed by atoms with Crippen LogP contribution >= 0.6 is 0 Å². The van der Waals surface area contributed by atoms with Crippen molar-refractivity contribution in [3.63, 3.8) is 0 Å². The molecule has 24 heavy (non-hydrogen) atoms. The third-order valence-electron chi connectivity index (χ3n) is 5.23. The highest BCUT2D eigenvalue weighted by Gasteiger charge is 2.34. The summed E-state index contributed by atoms with van der Waals surface area (Å²) in [6, 6.07) is 6.38. The molecular weight excluding hydrogens is 300 g/mol. The summed E-state index contributed by atoms with van der Waals surface area (Å²) in [5.41, 5.74) is 0. The van der Waals surface area contributed by atoms with E-state index in [0.717, 1.165) is 57.7 Å². The molecular formula is C19H30N4O. The first-order valence-electron chi connectivity index (χ1n) is 9.26. The molecule has 0 saturated carbocycles. The predicted molar refractivity (Wildman–Crippen MR) is 97.1 cm³/mol. The number of hydrogen-bond donors (Lipinski definition) is 0. The van der Waals surface area contributed by atoms with Crippen LogP contribution in [0.4, 0.5) is 5.82 Å². The van der Waals surface area contributed by atoms with E-state index >= 15 is 0 Å². The van der Waals surface area contributed by atoms with Crippen LogP contribution in [-0.4, -0.2) is 67.0 Å². The van der Waals surface area contributed by atoms with Gasteiger partial charge in [0.2, 0.25) is 5.91 Å². The van der Waals surface area contributed by atoms with Gasteiger partial charge in [0.15, 0.2) is 0 Å². The lowest BCUT2D eigenvalue weighted by atomic mass is 9.93. The lowest BCUT2D eigenvalue weighted by molar-refractivity contribution is -0.139. The molecule has 2 atom stereocenters. The molecule has 5 nitrogen and oxygen atoms in total. The second-order valence-electron chi connectivity index (χ2n) is 7.42. The number of carbonyl (C=O) groups is 1. The maximum absolute atomic E-state index is 13.2. The van der Waals surface area contributed by atoms with E-state index in [1.54, 1.807) is 0 Å². The quantitative estimate of drug-likeness (QED) is 0.849. The Morgan fingerprint density at radius 2 is 2.08 bits per heavy atom. The van der Waals surface area contributed by atoms with Crippen molar-refractivity contribution < 1.29 is 4.79 Å². The van der Waals surface area contributed by atoms with Gasteiger partial charge >= 0.3 is 0 Å². The first-order valence-corrected chi connectivity index (χ1v) is 9.26. The van der Waals surface area contributed by atoms with Crippen LogP contribution in [0.1, 0.15) is 32.1 Å². The number of aromatic nitrogens is 1. The van der Waals surface area contributed by atoms with Gasteiger partial charge in [-0.3, -0.25) is 4.79 Å². The van der Waals surface area contributed by atoms with Crippen molar-refractivity contribution in [2.75, 3.05) is 45.2 Å². The summed E-state index contributed by atoms with van der Waals surface area (Å²) in [5, 5.41) is 0. The van der Waals surface area contributed by atoms with Crippen molar-refractivity contribution in [3.8, 4) is 0 Å². The summed E-state index contributed by atoms with van der Waals surface area (Å²) in [4.78, 5) is 24.3. The van der Waals surface area contributed by atoms with Gasteiger partial charge in [0, 0.05) is 38.4 Å². The largest absolute Gasteiger partial charge is 0.356 e. The number of anilines is 1. The van der Waals surface area contributed by atoms with E-state index in [4.69, 9.17) is 0 Å². The summed E-state index contributed by atoms with van der Waals surface area (Å²) in [6.45, 7) is 3.71. The minimum atomic E-state index is 0.114. The number of carbonyl (C=O) groups excluding carboxylic acids is 1. The molecule has 0 aliphatic carbocycles. The van der Waals surface area contributed by atoms with Gasteiger partial charge in [-0.25, -0.2) is 4.98 Å². The van der Waals surface area contributed by atoms with E-state index in [-0.39, 0.29) is 5.92 Å². The molecule has 1 aromatic heterocycles. The molecule has 0 unspecified atom stereocenters. The van der Waals surface area contributed by atoms with Crippen LogP contribution in [0, 0.1) is 5.92 Å². The number of hydrogen-bond acceptors (Lipinski definition) is 4. The first kappa shape index (κ1) is 17.2. The molecule has 0 radical (unpaired) electrons. The zero-order valence-corrected chi connectivity index (χ0v) is 15.0. The molecule has 0 spiro atoms. The summed E-state index contributed by atoms with van der Waals surface area (Å²) < 4.78 is 0. The first-order chi connectivity index (χ1) is 11.6. The van der Waals surface area contributed by atoms with Crippen LogP contribution in [0.5, 0.6) is 0 Å². The molecule has 2 aliphatic rings. The maximum Gasteiger partial charge on any atom is 0.227 e. The molecule has 3 heterocycles. The SMILES string of the molecule is CN(C)C[C@@H]1CCCCN1C(=O)[C@@H]1CCCN(c2ccccn2)C1. The van der Waals surface area contributed by atoms with Gasteiger partial charge < -0.3 is 14.7 Å². The highest BCUT2D eigenvalue weighted by atomic mass is 16.2. The van der Waals surface area contributed by atoms with E-state index < -0.39 is 0 Å². The van der Waals surface area contributed by atoms with Crippen LogP contribution in [0.2, 0.25) is 0 Å². The lowest BCUT2D eigenvalue weighted by Gasteiger charge is -2.41. The second kappa shape index (κ2) is 7.97. The second-order valence-corrected chi connectivity index (χ2v) is 7.42. The minimum absolute atomic E-state index is 0.114. The van der Waals surface area contributed by atoms with E-state index in [2.05, 4.69) is 33.8 Å². The van der Waals surface area contributed by atoms with Crippen molar-refractivity contribution in [1.29, 1.82) is 0 Å². The lowest BCUT2D eigenvalue weighted by Crippen LogP contribution is -2.53. The highest BCUT2D eigenvalue weighted by Crippen LogP contribution is 2.26. The summed E-state index contributed by atoms with van der Waals surface area (Å²) in [7, 11) is 4.20. The number of nitrogens with zero attached hydrogens (tertiary/aromatic N) is 4. The predicted octanol–water partition coefficient (Wildman–Crippen LogP) is 2.24. The number of rotatable bonds is 4. The van der Waals surface area contributed by atoms with E-state index in [0.29, 0.717) is 11.9 Å². The van der Waals surface area contributed by atoms with Gasteiger partial charge in [-0.1, -0.05) is 6.07 Å². The fraction of sp³-hybridized carbons (Fsp3) is 0.684. The van der Waals surface area contributed by atoms with Gasteiger partial charge in [-0.05, 0) is 58.3 Å². The molecule has 2 saturated heterocycles. The van der Waals surface area contributed by atoms with Crippen molar-refractivity contribution in [2.45, 2.75) is 38.1 Å². The van der Waals surface area contributed by atoms with Gasteiger partial charge in [0.1, 0.15) is 5.82 Å². The van der Waals surface area contributed by atoms with Crippen molar-refractivity contribution in [1.82, 2.24) is 14.8 Å². The zero-order chi connectivity index (χ0) is 16.9. The Morgan fingerprint density at radius 3 is 2.83 bits per heavy atom. The monoisotopic (exact) mass is 330 g/mol. The van der Waals surface area contributed by atoms with Crippen molar-refractivity contribution in [2.24, 2.45) is 5.92 Å². The Kier molecular flexibility index (Phi) is 5.72. The molecule has 1 aromatic rings. The van der Waals surface area contributed by atoms with E-state index in [1.807, 2.05) is 24.4 Å². The number of likely N-dealkylation sites (N-methyl/N-ethyl adjacent to an activating group) is 1. The third kappa shape index (κ3) is 4.07. The number of piperidine rings is 2. The topological polar surface area (TPSA) is 39.7 Å². The Morgan fingerprint density at radius 1 is 1.21 bits per heavy atom. The van der Waals surface area contributed by atoms with Crippen molar-refractivity contribution in [3.05, 3.63) is 24.4 Å². The summed E-state index contributed by atoms with van der Waals surface area (Å²) in [6.07, 6.45) is 7.44. The smallest absolute Gasteiger partial charge is 0.227 e. The van der Waals surface area contributed by atoms with Crippen LogP contribution in [0.15, 0.2) is 24.4 Å². The van der Waals surface area contributed by atoms with Gasteiger partial charge in [0.25, 0.3) is 0 Å². The molecule has 1 amide bonds. The highest BCUT2D eigenvalue weighted by molar-refractivity contribution is 5.80. The Hall–Kier alpha value is -1.62. The Bertz CT molecular complexity index is 533. The zero-order valence-electron chi connectivity index (χ0n) is 15.0. The molecule has 5 heteroatoms. The standard InChI is InChI=1S/C19H30N4O/c1-21(2)15-17-9-4-6-13-23(17)19(24)16-8-7-12-22(14-16)18-10-3-5-11-20-18/h3,5,10-11,16-17H,4,6-9,12-15H2,1-2H3/t16-,17+/m1/s1. The average Bonchev–Trinajstić information content (AvgIpc) is 2.62. The van der Waals surface area contributed by atoms with Crippen molar-refractivity contribution >= 4 is 11.7 Å². The maximum atomic E-state index is 13.2. The minimum Gasteiger partial charge on any atom is -0.356 e. The van der Waals surface area contributed by atoms with Crippen LogP contribution in [0.25, 0.3) is 0 Å². The molecule has 3 rings (SSSR count). The summed E-state index contributed by atoms with van der Waals surface area (Å²) in [5.74, 6) is 1.48. The third-order valence-corrected chi connectivity index (χ3v) is 5.23. The van der Waals surface area contributed by atoms with Gasteiger partial charge in [-0.15, -0.1) is 0 Å². The Labute approximate surface area is 145 Å². The molecule has 2 aliphatic heterocycles. The number of pyridine rings is 1. The molecule has 2 fully saturated rings. The molecule has 0 N–H and O–H groups in total. The Balaban J connectivity index is 1.67. The van der Waals surface area contributed by atoms with Crippen LogP contribution < -0.4 is 4.90 Å². The fourth-order valence-electron chi connectivity index (χ4n) is 4.06. The fourth-order valence-corrected chi connectivity index (χ4v) is 4.06. The summed E-state index contributed by atoms with van der Waals surface area (Å²) >= 11 is 0. The van der Waals surface area contributed by atoms with Gasteiger partial charge in [0.05, 0.1) is 5.92 Å². The van der Waals surface area contributed by atoms with E-state index in [1.165, 1.54) is 6.42 Å². The van der Waals surface area contributed by atoms with E-state index in [9.17, 15) is 4.79 Å². The number of likely N-dealkylation sites (tertiary alicyclic amines) is 1. The normalized spacial score (nSPS) is 25.1. The van der Waals surface area contributed by atoms with Crippen LogP contribution in [0.3, 0.4) is 0 Å². The van der Waals surface area contributed by atoms with Gasteiger partial charge in [-0.2, -0.15) is 0 Å². The molecule has 132 valence electrons.